The molecule has 1 saturated heterocycles. The Morgan fingerprint density at radius 2 is 1.88 bits per heavy atom. The van der Waals surface area contributed by atoms with Gasteiger partial charge >= 0.3 is 0 Å². The van der Waals surface area contributed by atoms with E-state index in [-0.39, 0.29) is 5.54 Å². The monoisotopic (exact) mass is 242 g/mol. The lowest BCUT2D eigenvalue weighted by molar-refractivity contribution is -0.0417. The summed E-state index contributed by atoms with van der Waals surface area (Å²) in [5.74, 6) is 0. The molecule has 1 rings (SSSR count). The molecule has 0 aliphatic carbocycles. The van der Waals surface area contributed by atoms with E-state index >= 15 is 0 Å². The van der Waals surface area contributed by atoms with Crippen molar-refractivity contribution in [2.45, 2.75) is 64.7 Å². The third-order valence-corrected chi connectivity index (χ3v) is 3.37. The number of likely N-dealkylation sites (tertiary alicyclic amines) is 1. The lowest BCUT2D eigenvalue weighted by Gasteiger charge is -2.33. The third-order valence-electron chi connectivity index (χ3n) is 3.37. The molecule has 1 atom stereocenters. The molecular formula is C14H30N2O. The summed E-state index contributed by atoms with van der Waals surface area (Å²) in [6, 6.07) is 0. The van der Waals surface area contributed by atoms with Crippen LogP contribution < -0.4 is 5.32 Å². The molecule has 0 radical (unpaired) electrons. The number of piperidine rings is 1. The molecule has 0 aromatic carbocycles. The molecule has 1 fully saturated rings. The number of nitrogens with zero attached hydrogens (tertiary/aromatic N) is 1. The SMILES string of the molecule is CCC(CNC(C)(C)C)OC1CCN(C)CC1. The van der Waals surface area contributed by atoms with Crippen LogP contribution in [0.15, 0.2) is 0 Å². The molecule has 0 spiro atoms. The van der Waals surface area contributed by atoms with Gasteiger partial charge in [0.15, 0.2) is 0 Å². The molecule has 0 saturated carbocycles. The van der Waals surface area contributed by atoms with Gasteiger partial charge in [-0.15, -0.1) is 0 Å². The van der Waals surface area contributed by atoms with Crippen molar-refractivity contribution in [1.82, 2.24) is 10.2 Å². The van der Waals surface area contributed by atoms with Gasteiger partial charge in [-0.05, 0) is 47.1 Å². The highest BCUT2D eigenvalue weighted by atomic mass is 16.5. The number of hydrogen-bond donors (Lipinski definition) is 1. The highest BCUT2D eigenvalue weighted by Crippen LogP contribution is 2.15. The lowest BCUT2D eigenvalue weighted by Crippen LogP contribution is -2.43. The van der Waals surface area contributed by atoms with Crippen molar-refractivity contribution < 1.29 is 4.74 Å². The average Bonchev–Trinajstić information content (AvgIpc) is 2.25. The van der Waals surface area contributed by atoms with Crippen LogP contribution in [0.2, 0.25) is 0 Å². The number of ether oxygens (including phenoxy) is 1. The fourth-order valence-electron chi connectivity index (χ4n) is 2.10. The van der Waals surface area contributed by atoms with Crippen LogP contribution in [-0.2, 0) is 4.74 Å². The minimum absolute atomic E-state index is 0.184. The summed E-state index contributed by atoms with van der Waals surface area (Å²) in [5.41, 5.74) is 0.184. The van der Waals surface area contributed by atoms with E-state index in [1.54, 1.807) is 0 Å². The van der Waals surface area contributed by atoms with Gasteiger partial charge in [0.05, 0.1) is 12.2 Å². The second-order valence-electron chi connectivity index (χ2n) is 6.30. The first-order chi connectivity index (χ1) is 7.90. The minimum Gasteiger partial charge on any atom is -0.374 e. The molecule has 0 aromatic heterocycles. The maximum Gasteiger partial charge on any atom is 0.0700 e. The molecule has 1 unspecified atom stereocenters. The Labute approximate surface area is 107 Å². The zero-order chi connectivity index (χ0) is 12.9. The normalized spacial score (nSPS) is 21.7. The predicted octanol–water partition coefficient (Wildman–Crippen LogP) is 2.26. The largest absolute Gasteiger partial charge is 0.374 e. The van der Waals surface area contributed by atoms with E-state index in [2.05, 4.69) is 45.0 Å². The average molecular weight is 242 g/mol. The minimum atomic E-state index is 0.184. The summed E-state index contributed by atoms with van der Waals surface area (Å²) in [7, 11) is 2.19. The van der Waals surface area contributed by atoms with Crippen LogP contribution in [0.1, 0.15) is 47.0 Å². The van der Waals surface area contributed by atoms with Gasteiger partial charge in [0.1, 0.15) is 0 Å². The summed E-state index contributed by atoms with van der Waals surface area (Å²) in [5, 5.41) is 3.54. The molecule has 1 heterocycles. The van der Waals surface area contributed by atoms with E-state index in [1.165, 1.54) is 25.9 Å². The zero-order valence-electron chi connectivity index (χ0n) is 12.3. The van der Waals surface area contributed by atoms with E-state index < -0.39 is 0 Å². The fourth-order valence-corrected chi connectivity index (χ4v) is 2.10. The maximum absolute atomic E-state index is 6.20. The molecule has 0 bridgehead atoms. The lowest BCUT2D eigenvalue weighted by atomic mass is 10.1. The molecule has 3 heteroatoms. The first-order valence-electron chi connectivity index (χ1n) is 6.99. The topological polar surface area (TPSA) is 24.5 Å². The van der Waals surface area contributed by atoms with Crippen LogP contribution in [0.4, 0.5) is 0 Å². The molecule has 3 nitrogen and oxygen atoms in total. The van der Waals surface area contributed by atoms with Crippen molar-refractivity contribution in [1.29, 1.82) is 0 Å². The molecule has 1 aliphatic heterocycles. The van der Waals surface area contributed by atoms with E-state index in [9.17, 15) is 0 Å². The van der Waals surface area contributed by atoms with Gasteiger partial charge < -0.3 is 15.0 Å². The Hall–Kier alpha value is -0.120. The van der Waals surface area contributed by atoms with Gasteiger partial charge in [-0.2, -0.15) is 0 Å². The number of rotatable bonds is 5. The third kappa shape index (κ3) is 6.39. The molecule has 0 aromatic rings. The summed E-state index contributed by atoms with van der Waals surface area (Å²) in [6.45, 7) is 12.1. The summed E-state index contributed by atoms with van der Waals surface area (Å²) < 4.78 is 6.20. The van der Waals surface area contributed by atoms with E-state index in [1.807, 2.05) is 0 Å². The van der Waals surface area contributed by atoms with Crippen molar-refractivity contribution in [2.75, 3.05) is 26.7 Å². The molecule has 17 heavy (non-hydrogen) atoms. The number of hydrogen-bond acceptors (Lipinski definition) is 3. The van der Waals surface area contributed by atoms with Gasteiger partial charge in [-0.3, -0.25) is 0 Å². The fraction of sp³-hybridized carbons (Fsp3) is 1.00. The second kappa shape index (κ2) is 6.72. The first kappa shape index (κ1) is 14.9. The molecular weight excluding hydrogens is 212 g/mol. The van der Waals surface area contributed by atoms with Crippen molar-refractivity contribution in [3.8, 4) is 0 Å². The van der Waals surface area contributed by atoms with E-state index in [0.29, 0.717) is 12.2 Å². The van der Waals surface area contributed by atoms with Gasteiger partial charge in [0.2, 0.25) is 0 Å². The smallest absolute Gasteiger partial charge is 0.0700 e. The van der Waals surface area contributed by atoms with Crippen molar-refractivity contribution in [2.24, 2.45) is 0 Å². The standard InChI is InChI=1S/C14H30N2O/c1-6-12(11-15-14(2,3)4)17-13-7-9-16(5)10-8-13/h12-13,15H,6-11H2,1-5H3. The van der Waals surface area contributed by atoms with Crippen LogP contribution in [0.25, 0.3) is 0 Å². The second-order valence-corrected chi connectivity index (χ2v) is 6.30. The van der Waals surface area contributed by atoms with Crippen molar-refractivity contribution in [3.05, 3.63) is 0 Å². The summed E-state index contributed by atoms with van der Waals surface area (Å²) in [6.07, 6.45) is 4.29. The van der Waals surface area contributed by atoms with Crippen molar-refractivity contribution in [3.63, 3.8) is 0 Å². The molecule has 0 amide bonds. The van der Waals surface area contributed by atoms with Crippen molar-refractivity contribution >= 4 is 0 Å². The van der Waals surface area contributed by atoms with Gasteiger partial charge in [-0.1, -0.05) is 6.92 Å². The highest BCUT2D eigenvalue weighted by Gasteiger charge is 2.21. The van der Waals surface area contributed by atoms with Gasteiger partial charge in [0.25, 0.3) is 0 Å². The van der Waals surface area contributed by atoms with Crippen LogP contribution >= 0.6 is 0 Å². The Balaban J connectivity index is 2.26. The van der Waals surface area contributed by atoms with Gasteiger partial charge in [-0.25, -0.2) is 0 Å². The quantitative estimate of drug-likeness (QED) is 0.800. The predicted molar refractivity (Wildman–Crippen MR) is 73.4 cm³/mol. The van der Waals surface area contributed by atoms with E-state index in [0.717, 1.165) is 13.0 Å². The zero-order valence-corrected chi connectivity index (χ0v) is 12.3. The Bertz CT molecular complexity index is 205. The molecule has 1 N–H and O–H groups in total. The summed E-state index contributed by atoms with van der Waals surface area (Å²) >= 11 is 0. The van der Waals surface area contributed by atoms with Crippen LogP contribution in [0, 0.1) is 0 Å². The van der Waals surface area contributed by atoms with Gasteiger partial charge in [0, 0.05) is 25.2 Å². The summed E-state index contributed by atoms with van der Waals surface area (Å²) in [4.78, 5) is 2.38. The molecule has 1 aliphatic rings. The first-order valence-corrected chi connectivity index (χ1v) is 6.99. The molecule has 102 valence electrons. The van der Waals surface area contributed by atoms with Crippen LogP contribution in [0.3, 0.4) is 0 Å². The Kier molecular flexibility index (Phi) is 5.90. The Morgan fingerprint density at radius 3 is 2.35 bits per heavy atom. The highest BCUT2D eigenvalue weighted by molar-refractivity contribution is 4.76. The maximum atomic E-state index is 6.20. The number of nitrogens with one attached hydrogen (secondary N) is 1. The van der Waals surface area contributed by atoms with Crippen LogP contribution in [0.5, 0.6) is 0 Å². The van der Waals surface area contributed by atoms with E-state index in [4.69, 9.17) is 4.74 Å². The van der Waals surface area contributed by atoms with Crippen LogP contribution in [-0.4, -0.2) is 49.3 Å². The Morgan fingerprint density at radius 1 is 1.29 bits per heavy atom.